The van der Waals surface area contributed by atoms with Gasteiger partial charge in [-0.2, -0.15) is 18.3 Å². The molecular weight excluding hydrogens is 325 g/mol. The van der Waals surface area contributed by atoms with Gasteiger partial charge in [-0.1, -0.05) is 0 Å². The Morgan fingerprint density at radius 3 is 2.32 bits per heavy atom. The number of amides is 1. The average Bonchev–Trinajstić information content (AvgIpc) is 2.61. The molecule has 1 heterocycles. The van der Waals surface area contributed by atoms with Gasteiger partial charge in [0.15, 0.2) is 0 Å². The van der Waals surface area contributed by atoms with Gasteiger partial charge in [-0.25, -0.2) is 12.7 Å². The van der Waals surface area contributed by atoms with Gasteiger partial charge in [0.05, 0.1) is 11.4 Å². The number of aromatic nitrogens is 2. The first-order chi connectivity index (χ1) is 9.86. The fourth-order valence-corrected chi connectivity index (χ4v) is 3.04. The van der Waals surface area contributed by atoms with Gasteiger partial charge >= 0.3 is 6.18 Å². The number of nitrogens with zero attached hydrogens (tertiary/aromatic N) is 3. The van der Waals surface area contributed by atoms with Gasteiger partial charge < -0.3 is 5.32 Å². The summed E-state index contributed by atoms with van der Waals surface area (Å²) in [5.74, 6) is -0.906. The van der Waals surface area contributed by atoms with Crippen molar-refractivity contribution >= 4 is 15.9 Å². The lowest BCUT2D eigenvalue weighted by molar-refractivity contribution is -0.138. The van der Waals surface area contributed by atoms with E-state index in [0.717, 1.165) is 8.99 Å². The molecule has 1 rings (SSSR count). The summed E-state index contributed by atoms with van der Waals surface area (Å²) in [7, 11) is -1.05. The topological polar surface area (TPSA) is 84.3 Å². The summed E-state index contributed by atoms with van der Waals surface area (Å²) in [6.45, 7) is 0.945. The molecule has 0 aliphatic heterocycles. The molecule has 0 radical (unpaired) electrons. The van der Waals surface area contributed by atoms with Crippen LogP contribution in [0.15, 0.2) is 4.90 Å². The zero-order chi connectivity index (χ0) is 17.3. The van der Waals surface area contributed by atoms with Crippen molar-refractivity contribution in [3.63, 3.8) is 0 Å². The summed E-state index contributed by atoms with van der Waals surface area (Å²) in [4.78, 5) is 11.4. The van der Waals surface area contributed by atoms with Crippen LogP contribution in [-0.2, 0) is 21.4 Å². The van der Waals surface area contributed by atoms with Crippen molar-refractivity contribution in [2.45, 2.75) is 31.5 Å². The number of halogens is 3. The number of hydrogen-bond acceptors (Lipinski definition) is 4. The van der Waals surface area contributed by atoms with Crippen molar-refractivity contribution < 1.29 is 26.4 Å². The van der Waals surface area contributed by atoms with E-state index in [4.69, 9.17) is 0 Å². The maximum absolute atomic E-state index is 12.2. The molecule has 126 valence electrons. The van der Waals surface area contributed by atoms with Gasteiger partial charge in [-0.3, -0.25) is 9.48 Å². The normalized spacial score (nSPS) is 12.7. The van der Waals surface area contributed by atoms with Gasteiger partial charge in [0, 0.05) is 14.1 Å². The van der Waals surface area contributed by atoms with E-state index in [2.05, 4.69) is 5.10 Å². The molecule has 0 spiro atoms. The second-order valence-electron chi connectivity index (χ2n) is 4.84. The number of hydrogen-bond donors (Lipinski definition) is 1. The molecule has 0 aliphatic rings. The molecule has 0 saturated heterocycles. The second-order valence-corrected chi connectivity index (χ2v) is 6.93. The molecule has 0 atom stereocenters. The summed E-state index contributed by atoms with van der Waals surface area (Å²) >= 11 is 0. The summed E-state index contributed by atoms with van der Waals surface area (Å²) < 4.78 is 62.4. The number of sulfonamides is 1. The Hall–Kier alpha value is -1.62. The number of carbonyl (C=O) groups excluding carboxylic acids is 1. The Labute approximate surface area is 126 Å². The van der Waals surface area contributed by atoms with Crippen LogP contribution in [0.3, 0.4) is 0 Å². The lowest BCUT2D eigenvalue weighted by atomic mass is 10.4. The van der Waals surface area contributed by atoms with E-state index in [9.17, 15) is 26.4 Å². The third-order valence-electron chi connectivity index (χ3n) is 2.83. The van der Waals surface area contributed by atoms with E-state index in [1.54, 1.807) is 5.32 Å². The third-order valence-corrected chi connectivity index (χ3v) is 4.90. The first-order valence-corrected chi connectivity index (χ1v) is 7.60. The maximum atomic E-state index is 12.2. The van der Waals surface area contributed by atoms with E-state index in [1.807, 2.05) is 0 Å². The molecule has 22 heavy (non-hydrogen) atoms. The second kappa shape index (κ2) is 6.24. The zero-order valence-corrected chi connectivity index (χ0v) is 13.3. The van der Waals surface area contributed by atoms with Crippen LogP contribution >= 0.6 is 0 Å². The van der Waals surface area contributed by atoms with Crippen molar-refractivity contribution in [3.8, 4) is 0 Å². The number of rotatable bonds is 5. The summed E-state index contributed by atoms with van der Waals surface area (Å²) in [6, 6.07) is 0. The van der Waals surface area contributed by atoms with Crippen LogP contribution < -0.4 is 5.32 Å². The first-order valence-electron chi connectivity index (χ1n) is 6.16. The summed E-state index contributed by atoms with van der Waals surface area (Å²) in [5.41, 5.74) is 0.364. The van der Waals surface area contributed by atoms with E-state index >= 15 is 0 Å². The fourth-order valence-electron chi connectivity index (χ4n) is 1.78. The number of carbonyl (C=O) groups is 1. The van der Waals surface area contributed by atoms with Crippen LogP contribution in [0.5, 0.6) is 0 Å². The summed E-state index contributed by atoms with van der Waals surface area (Å²) in [5, 5.41) is 5.62. The van der Waals surface area contributed by atoms with Crippen LogP contribution in [0.1, 0.15) is 11.4 Å². The van der Waals surface area contributed by atoms with E-state index in [0.29, 0.717) is 0 Å². The smallest absolute Gasteiger partial charge is 0.345 e. The maximum Gasteiger partial charge on any atom is 0.405 e. The Morgan fingerprint density at radius 2 is 1.86 bits per heavy atom. The predicted molar refractivity (Wildman–Crippen MR) is 71.6 cm³/mol. The van der Waals surface area contributed by atoms with Gasteiger partial charge in [-0.15, -0.1) is 0 Å². The van der Waals surface area contributed by atoms with Crippen molar-refractivity contribution in [2.24, 2.45) is 0 Å². The van der Waals surface area contributed by atoms with Crippen LogP contribution in [0.4, 0.5) is 13.2 Å². The zero-order valence-electron chi connectivity index (χ0n) is 12.5. The fraction of sp³-hybridized carbons (Fsp3) is 0.636. The first kappa shape index (κ1) is 18.4. The monoisotopic (exact) mass is 342 g/mol. The molecular formula is C11H17F3N4O3S. The molecule has 0 fully saturated rings. The SMILES string of the molecule is Cc1nn(CC(=O)NCC(F)(F)F)c(C)c1S(=O)(=O)N(C)C. The van der Waals surface area contributed by atoms with E-state index in [1.165, 1.54) is 27.9 Å². The van der Waals surface area contributed by atoms with Gasteiger partial charge in [-0.05, 0) is 13.8 Å². The largest absolute Gasteiger partial charge is 0.405 e. The van der Waals surface area contributed by atoms with Crippen molar-refractivity contribution in [1.29, 1.82) is 0 Å². The third kappa shape index (κ3) is 4.19. The Morgan fingerprint density at radius 1 is 1.32 bits per heavy atom. The van der Waals surface area contributed by atoms with Crippen molar-refractivity contribution in [1.82, 2.24) is 19.4 Å². The van der Waals surface area contributed by atoms with Gasteiger partial charge in [0.25, 0.3) is 0 Å². The van der Waals surface area contributed by atoms with Crippen LogP contribution in [0, 0.1) is 13.8 Å². The molecule has 1 aromatic heterocycles. The number of aryl methyl sites for hydroxylation is 1. The Bertz CT molecular complexity index is 665. The van der Waals surface area contributed by atoms with Crippen LogP contribution in [0.2, 0.25) is 0 Å². The molecule has 0 aromatic carbocycles. The molecule has 0 aliphatic carbocycles. The molecule has 7 nitrogen and oxygen atoms in total. The number of nitrogens with one attached hydrogen (secondary N) is 1. The highest BCUT2D eigenvalue weighted by Crippen LogP contribution is 2.21. The average molecular weight is 342 g/mol. The Kier molecular flexibility index (Phi) is 5.23. The van der Waals surface area contributed by atoms with Gasteiger partial charge in [0.1, 0.15) is 18.0 Å². The quantitative estimate of drug-likeness (QED) is 0.841. The molecule has 0 saturated carbocycles. The highest BCUT2D eigenvalue weighted by atomic mass is 32.2. The predicted octanol–water partition coefficient (Wildman–Crippen LogP) is 0.429. The van der Waals surface area contributed by atoms with Crippen molar-refractivity contribution in [3.05, 3.63) is 11.4 Å². The van der Waals surface area contributed by atoms with Crippen LogP contribution in [-0.4, -0.2) is 55.2 Å². The Balaban J connectivity index is 2.99. The minimum atomic E-state index is -4.51. The molecule has 0 bridgehead atoms. The molecule has 1 N–H and O–H groups in total. The molecule has 1 aromatic rings. The molecule has 1 amide bonds. The van der Waals surface area contributed by atoms with E-state index < -0.39 is 35.2 Å². The number of alkyl halides is 3. The van der Waals surface area contributed by atoms with E-state index in [-0.39, 0.29) is 16.3 Å². The lowest BCUT2D eigenvalue weighted by Crippen LogP contribution is -2.36. The standard InChI is InChI=1S/C11H17F3N4O3S/c1-7-10(22(20,21)17(3)4)8(2)18(16-7)5-9(19)15-6-11(12,13)14/h5-6H2,1-4H3,(H,15,19). The minimum absolute atomic E-state index is 0.0545. The molecule has 11 heteroatoms. The lowest BCUT2D eigenvalue weighted by Gasteiger charge is -2.12. The van der Waals surface area contributed by atoms with Crippen LogP contribution in [0.25, 0.3) is 0 Å². The van der Waals surface area contributed by atoms with Gasteiger partial charge in [0.2, 0.25) is 15.9 Å². The summed E-state index contributed by atoms with van der Waals surface area (Å²) in [6.07, 6.45) is -4.51. The highest BCUT2D eigenvalue weighted by molar-refractivity contribution is 7.89. The minimum Gasteiger partial charge on any atom is -0.345 e. The van der Waals surface area contributed by atoms with Crippen molar-refractivity contribution in [2.75, 3.05) is 20.6 Å². The highest BCUT2D eigenvalue weighted by Gasteiger charge is 2.29. The molecule has 0 unspecified atom stereocenters.